The molecule has 0 saturated carbocycles. The molecular formula is C24H24ClN5O2S. The number of hydrogen-bond acceptors (Lipinski definition) is 5. The molecule has 1 aliphatic heterocycles. The molecule has 2 aromatic carbocycles. The molecule has 3 aromatic rings. The summed E-state index contributed by atoms with van der Waals surface area (Å²) in [5.74, 6) is 0.725. The van der Waals surface area contributed by atoms with Gasteiger partial charge in [-0.3, -0.25) is 9.59 Å². The van der Waals surface area contributed by atoms with Gasteiger partial charge in [0.15, 0.2) is 11.0 Å². The number of halogens is 1. The first kappa shape index (κ1) is 23.1. The lowest BCUT2D eigenvalue weighted by Gasteiger charge is -2.24. The Morgan fingerprint density at radius 2 is 1.91 bits per heavy atom. The fourth-order valence-electron chi connectivity index (χ4n) is 3.84. The summed E-state index contributed by atoms with van der Waals surface area (Å²) < 4.78 is 1.94. The van der Waals surface area contributed by atoms with Gasteiger partial charge >= 0.3 is 0 Å². The molecule has 1 N–H and O–H groups in total. The predicted molar refractivity (Wildman–Crippen MR) is 130 cm³/mol. The highest BCUT2D eigenvalue weighted by Gasteiger charge is 2.34. The zero-order valence-corrected chi connectivity index (χ0v) is 19.6. The van der Waals surface area contributed by atoms with Crippen molar-refractivity contribution < 1.29 is 9.59 Å². The average Bonchev–Trinajstić information content (AvgIpc) is 3.46. The fraction of sp³-hybridized carbons (Fsp3) is 0.250. The van der Waals surface area contributed by atoms with Crippen molar-refractivity contribution in [2.24, 2.45) is 0 Å². The minimum atomic E-state index is -0.187. The molecule has 9 heteroatoms. The molecular weight excluding hydrogens is 458 g/mol. The Hall–Kier alpha value is -3.10. The van der Waals surface area contributed by atoms with Crippen molar-refractivity contribution in [1.82, 2.24) is 19.7 Å². The number of benzene rings is 2. The van der Waals surface area contributed by atoms with Crippen LogP contribution in [0.25, 0.3) is 0 Å². The zero-order valence-electron chi connectivity index (χ0n) is 18.0. The first-order chi connectivity index (χ1) is 16.1. The molecule has 7 nitrogen and oxygen atoms in total. The van der Waals surface area contributed by atoms with Crippen molar-refractivity contribution in [3.05, 3.63) is 83.7 Å². The van der Waals surface area contributed by atoms with E-state index in [1.54, 1.807) is 30.3 Å². The van der Waals surface area contributed by atoms with Crippen molar-refractivity contribution in [3.63, 3.8) is 0 Å². The lowest BCUT2D eigenvalue weighted by atomic mass is 10.1. The SMILES string of the molecule is C=CCn1c(SCC(=O)Nc2ccccc2)nnc1C1CCCN1C(=O)c1ccc(Cl)cc1. The van der Waals surface area contributed by atoms with E-state index >= 15 is 0 Å². The molecule has 1 fully saturated rings. The highest BCUT2D eigenvalue weighted by molar-refractivity contribution is 7.99. The Bertz CT molecular complexity index is 1130. The zero-order chi connectivity index (χ0) is 23.2. The van der Waals surface area contributed by atoms with E-state index in [2.05, 4.69) is 22.1 Å². The molecule has 4 rings (SSSR count). The Kier molecular flexibility index (Phi) is 7.47. The quantitative estimate of drug-likeness (QED) is 0.368. The Labute approximate surface area is 201 Å². The minimum Gasteiger partial charge on any atom is -0.328 e. The number of amides is 2. The van der Waals surface area contributed by atoms with Gasteiger partial charge in [-0.2, -0.15) is 0 Å². The van der Waals surface area contributed by atoms with Gasteiger partial charge in [-0.25, -0.2) is 0 Å². The Balaban J connectivity index is 1.49. The van der Waals surface area contributed by atoms with Crippen molar-refractivity contribution in [2.45, 2.75) is 30.6 Å². The normalized spacial score (nSPS) is 15.4. The largest absolute Gasteiger partial charge is 0.328 e. The molecule has 0 bridgehead atoms. The van der Waals surface area contributed by atoms with Gasteiger partial charge in [0.1, 0.15) is 0 Å². The second-order valence-electron chi connectivity index (χ2n) is 7.61. The van der Waals surface area contributed by atoms with Gasteiger partial charge in [0.05, 0.1) is 11.8 Å². The molecule has 1 saturated heterocycles. The van der Waals surface area contributed by atoms with Crippen LogP contribution in [0.2, 0.25) is 5.02 Å². The molecule has 2 amide bonds. The second-order valence-corrected chi connectivity index (χ2v) is 8.99. The van der Waals surface area contributed by atoms with E-state index in [9.17, 15) is 9.59 Å². The number of nitrogens with zero attached hydrogens (tertiary/aromatic N) is 4. The van der Waals surface area contributed by atoms with Crippen molar-refractivity contribution in [3.8, 4) is 0 Å². The lowest BCUT2D eigenvalue weighted by molar-refractivity contribution is -0.113. The van der Waals surface area contributed by atoms with E-state index in [1.807, 2.05) is 39.8 Å². The van der Waals surface area contributed by atoms with Gasteiger partial charge in [-0.1, -0.05) is 47.6 Å². The maximum atomic E-state index is 13.2. The first-order valence-corrected chi connectivity index (χ1v) is 12.0. The summed E-state index contributed by atoms with van der Waals surface area (Å²) in [5.41, 5.74) is 1.34. The third-order valence-corrected chi connectivity index (χ3v) is 6.57. The smallest absolute Gasteiger partial charge is 0.254 e. The number of para-hydroxylation sites is 1. The third kappa shape index (κ3) is 5.46. The summed E-state index contributed by atoms with van der Waals surface area (Å²) in [7, 11) is 0. The number of carbonyl (C=O) groups excluding carboxylic acids is 2. The number of likely N-dealkylation sites (tertiary alicyclic amines) is 1. The van der Waals surface area contributed by atoms with E-state index in [1.165, 1.54) is 11.8 Å². The second kappa shape index (κ2) is 10.7. The molecule has 0 spiro atoms. The van der Waals surface area contributed by atoms with Gasteiger partial charge < -0.3 is 14.8 Å². The van der Waals surface area contributed by atoms with E-state index in [0.717, 1.165) is 18.5 Å². The number of rotatable bonds is 8. The van der Waals surface area contributed by atoms with Crippen LogP contribution in [-0.2, 0) is 11.3 Å². The summed E-state index contributed by atoms with van der Waals surface area (Å²) in [6, 6.07) is 16.0. The number of carbonyl (C=O) groups is 2. The highest BCUT2D eigenvalue weighted by Crippen LogP contribution is 2.34. The number of hydrogen-bond donors (Lipinski definition) is 1. The van der Waals surface area contributed by atoms with Crippen LogP contribution in [0.4, 0.5) is 5.69 Å². The summed E-state index contributed by atoms with van der Waals surface area (Å²) in [5, 5.41) is 12.8. The van der Waals surface area contributed by atoms with Crippen molar-refractivity contribution in [1.29, 1.82) is 0 Å². The van der Waals surface area contributed by atoms with Crippen LogP contribution in [0.5, 0.6) is 0 Å². The summed E-state index contributed by atoms with van der Waals surface area (Å²) in [6.45, 7) is 4.99. The van der Waals surface area contributed by atoms with Gasteiger partial charge in [0.2, 0.25) is 5.91 Å². The molecule has 1 aliphatic rings. The highest BCUT2D eigenvalue weighted by atomic mass is 35.5. The van der Waals surface area contributed by atoms with Gasteiger partial charge in [-0.15, -0.1) is 16.8 Å². The number of nitrogens with one attached hydrogen (secondary N) is 1. The number of aromatic nitrogens is 3. The molecule has 0 radical (unpaired) electrons. The van der Waals surface area contributed by atoms with Crippen LogP contribution in [0.1, 0.15) is 35.1 Å². The molecule has 1 aromatic heterocycles. The molecule has 2 heterocycles. The summed E-state index contributed by atoms with van der Waals surface area (Å²) in [6.07, 6.45) is 3.45. The first-order valence-electron chi connectivity index (χ1n) is 10.6. The van der Waals surface area contributed by atoms with Crippen LogP contribution < -0.4 is 5.32 Å². The molecule has 0 aliphatic carbocycles. The summed E-state index contributed by atoms with van der Waals surface area (Å²) >= 11 is 7.28. The molecule has 1 unspecified atom stereocenters. The van der Waals surface area contributed by atoms with Gasteiger partial charge in [0.25, 0.3) is 5.91 Å². The number of anilines is 1. The van der Waals surface area contributed by atoms with Crippen molar-refractivity contribution in [2.75, 3.05) is 17.6 Å². The van der Waals surface area contributed by atoms with E-state index < -0.39 is 0 Å². The van der Waals surface area contributed by atoms with E-state index in [0.29, 0.717) is 34.7 Å². The molecule has 1 atom stereocenters. The minimum absolute atomic E-state index is 0.0567. The molecule has 170 valence electrons. The van der Waals surface area contributed by atoms with Crippen LogP contribution in [0.15, 0.2) is 72.4 Å². The maximum Gasteiger partial charge on any atom is 0.254 e. The van der Waals surface area contributed by atoms with Gasteiger partial charge in [-0.05, 0) is 49.2 Å². The third-order valence-electron chi connectivity index (χ3n) is 5.35. The Morgan fingerprint density at radius 1 is 1.15 bits per heavy atom. The average molecular weight is 482 g/mol. The van der Waals surface area contributed by atoms with Crippen LogP contribution >= 0.6 is 23.4 Å². The van der Waals surface area contributed by atoms with Crippen molar-refractivity contribution >= 4 is 40.9 Å². The van der Waals surface area contributed by atoms with E-state index in [-0.39, 0.29) is 23.6 Å². The molecule has 33 heavy (non-hydrogen) atoms. The Morgan fingerprint density at radius 3 is 2.64 bits per heavy atom. The van der Waals surface area contributed by atoms with E-state index in [4.69, 9.17) is 11.6 Å². The maximum absolute atomic E-state index is 13.2. The standard InChI is InChI=1S/C24H24ClN5O2S/c1-2-14-30-22(20-9-6-15-29(20)23(32)17-10-12-18(25)13-11-17)27-28-24(30)33-16-21(31)26-19-7-4-3-5-8-19/h2-5,7-8,10-13,20H,1,6,9,14-16H2,(H,26,31). The topological polar surface area (TPSA) is 80.1 Å². The summed E-state index contributed by atoms with van der Waals surface area (Å²) in [4.78, 5) is 27.4. The number of thioether (sulfide) groups is 1. The fourth-order valence-corrected chi connectivity index (χ4v) is 4.72. The number of allylic oxidation sites excluding steroid dienone is 1. The lowest BCUT2D eigenvalue weighted by Crippen LogP contribution is -2.32. The predicted octanol–water partition coefficient (Wildman–Crippen LogP) is 4.83. The monoisotopic (exact) mass is 481 g/mol. The van der Waals surface area contributed by atoms with Crippen LogP contribution in [-0.4, -0.2) is 43.8 Å². The van der Waals surface area contributed by atoms with Gasteiger partial charge in [0, 0.05) is 29.4 Å². The van der Waals surface area contributed by atoms with Crippen LogP contribution in [0.3, 0.4) is 0 Å². The van der Waals surface area contributed by atoms with Crippen LogP contribution in [0, 0.1) is 0 Å².